The van der Waals surface area contributed by atoms with Gasteiger partial charge in [0.05, 0.1) is 34.2 Å². The first-order valence-electron chi connectivity index (χ1n) is 9.55. The largest absolute Gasteiger partial charge is 0.484 e. The summed E-state index contributed by atoms with van der Waals surface area (Å²) >= 11 is 12.1. The molecule has 4 rings (SSSR count). The number of aromatic nitrogens is 2. The number of fused-ring (bicyclic) bond motifs is 1. The SMILES string of the molecule is CCn1c(COc2ccc(Cl)cc2Cl)nc2cc(S(=O)(=O)N3CCOCC3)ccc21. The second-order valence-electron chi connectivity index (χ2n) is 6.80. The molecule has 2 aromatic carbocycles. The van der Waals surface area contributed by atoms with Gasteiger partial charge in [-0.3, -0.25) is 0 Å². The molecule has 0 atom stereocenters. The first kappa shape index (κ1) is 21.4. The minimum absolute atomic E-state index is 0.190. The normalized spacial score (nSPS) is 15.6. The third-order valence-electron chi connectivity index (χ3n) is 4.97. The van der Waals surface area contributed by atoms with E-state index in [4.69, 9.17) is 32.7 Å². The summed E-state index contributed by atoms with van der Waals surface area (Å²) in [6, 6.07) is 10.1. The van der Waals surface area contributed by atoms with E-state index in [0.717, 1.165) is 5.52 Å². The van der Waals surface area contributed by atoms with Crippen molar-refractivity contribution in [1.29, 1.82) is 0 Å². The van der Waals surface area contributed by atoms with Crippen LogP contribution in [-0.4, -0.2) is 48.6 Å². The van der Waals surface area contributed by atoms with Crippen molar-refractivity contribution < 1.29 is 17.9 Å². The van der Waals surface area contributed by atoms with Crippen LogP contribution in [-0.2, 0) is 27.9 Å². The highest BCUT2D eigenvalue weighted by atomic mass is 35.5. The zero-order valence-corrected chi connectivity index (χ0v) is 18.7. The molecule has 1 saturated heterocycles. The maximum Gasteiger partial charge on any atom is 0.243 e. The Balaban J connectivity index is 1.63. The van der Waals surface area contributed by atoms with Crippen LogP contribution in [0.2, 0.25) is 10.0 Å². The van der Waals surface area contributed by atoms with Crippen LogP contribution < -0.4 is 4.74 Å². The van der Waals surface area contributed by atoms with Gasteiger partial charge >= 0.3 is 0 Å². The summed E-state index contributed by atoms with van der Waals surface area (Å²) in [4.78, 5) is 4.85. The number of hydrogen-bond acceptors (Lipinski definition) is 5. The molecule has 7 nitrogen and oxygen atoms in total. The summed E-state index contributed by atoms with van der Waals surface area (Å²) in [5, 5.41) is 0.947. The highest BCUT2D eigenvalue weighted by molar-refractivity contribution is 7.89. The summed E-state index contributed by atoms with van der Waals surface area (Å²) in [5.74, 6) is 1.19. The lowest BCUT2D eigenvalue weighted by Crippen LogP contribution is -2.40. The molecule has 1 aliphatic rings. The fraction of sp³-hybridized carbons (Fsp3) is 0.350. The van der Waals surface area contributed by atoms with Crippen LogP contribution in [0, 0.1) is 0 Å². The maximum absolute atomic E-state index is 13.0. The standard InChI is InChI=1S/C20H21Cl2N3O4S/c1-2-25-18-5-4-15(30(26,27)24-7-9-28-10-8-24)12-17(18)23-20(25)13-29-19-6-3-14(21)11-16(19)22/h3-6,11-12H,2,7-10,13H2,1H3. The van der Waals surface area contributed by atoms with Gasteiger partial charge in [0.15, 0.2) is 0 Å². The number of ether oxygens (including phenoxy) is 2. The van der Waals surface area contributed by atoms with Crippen molar-refractivity contribution in [2.24, 2.45) is 0 Å². The predicted molar refractivity (Wildman–Crippen MR) is 116 cm³/mol. The van der Waals surface area contributed by atoms with E-state index in [1.54, 1.807) is 36.4 Å². The van der Waals surface area contributed by atoms with Crippen molar-refractivity contribution in [2.45, 2.75) is 25.0 Å². The Morgan fingerprint density at radius 1 is 1.13 bits per heavy atom. The van der Waals surface area contributed by atoms with E-state index in [1.165, 1.54) is 4.31 Å². The summed E-state index contributed by atoms with van der Waals surface area (Å²) in [6.07, 6.45) is 0. The first-order valence-corrected chi connectivity index (χ1v) is 11.7. The smallest absolute Gasteiger partial charge is 0.243 e. The zero-order valence-electron chi connectivity index (χ0n) is 16.3. The number of nitrogens with zero attached hydrogens (tertiary/aromatic N) is 3. The van der Waals surface area contributed by atoms with Crippen LogP contribution in [0.15, 0.2) is 41.3 Å². The summed E-state index contributed by atoms with van der Waals surface area (Å²) in [5.41, 5.74) is 1.45. The molecular formula is C20H21Cl2N3O4S. The predicted octanol–water partition coefficient (Wildman–Crippen LogP) is 3.96. The van der Waals surface area contributed by atoms with Gasteiger partial charge in [-0.05, 0) is 43.3 Å². The fourth-order valence-corrected chi connectivity index (χ4v) is 5.35. The minimum Gasteiger partial charge on any atom is -0.484 e. The minimum atomic E-state index is -3.59. The van der Waals surface area contributed by atoms with Crippen LogP contribution in [0.25, 0.3) is 11.0 Å². The number of halogens is 2. The van der Waals surface area contributed by atoms with E-state index < -0.39 is 10.0 Å². The highest BCUT2D eigenvalue weighted by Crippen LogP contribution is 2.29. The Morgan fingerprint density at radius 2 is 1.90 bits per heavy atom. The van der Waals surface area contributed by atoms with Gasteiger partial charge in [-0.25, -0.2) is 13.4 Å². The summed E-state index contributed by atoms with van der Waals surface area (Å²) in [6.45, 7) is 4.36. The molecule has 1 aliphatic heterocycles. The van der Waals surface area contributed by atoms with Crippen molar-refractivity contribution in [3.63, 3.8) is 0 Å². The molecule has 30 heavy (non-hydrogen) atoms. The molecule has 160 valence electrons. The lowest BCUT2D eigenvalue weighted by molar-refractivity contribution is 0.0730. The third kappa shape index (κ3) is 4.15. The number of imidazole rings is 1. The highest BCUT2D eigenvalue weighted by Gasteiger charge is 2.27. The van der Waals surface area contributed by atoms with Crippen LogP contribution in [0.4, 0.5) is 0 Å². The van der Waals surface area contributed by atoms with Gasteiger partial charge in [0.2, 0.25) is 10.0 Å². The van der Waals surface area contributed by atoms with E-state index in [0.29, 0.717) is 60.0 Å². The van der Waals surface area contributed by atoms with Crippen molar-refractivity contribution in [3.05, 3.63) is 52.3 Å². The molecular weight excluding hydrogens is 449 g/mol. The molecule has 1 fully saturated rings. The Morgan fingerprint density at radius 3 is 2.60 bits per heavy atom. The molecule has 0 amide bonds. The van der Waals surface area contributed by atoms with E-state index in [-0.39, 0.29) is 11.5 Å². The van der Waals surface area contributed by atoms with Crippen LogP contribution in [0.1, 0.15) is 12.7 Å². The lowest BCUT2D eigenvalue weighted by Gasteiger charge is -2.26. The molecule has 1 aromatic heterocycles. The number of rotatable bonds is 6. The van der Waals surface area contributed by atoms with Crippen LogP contribution >= 0.6 is 23.2 Å². The molecule has 0 N–H and O–H groups in total. The fourth-order valence-electron chi connectivity index (χ4n) is 3.45. The van der Waals surface area contributed by atoms with E-state index in [2.05, 4.69) is 4.98 Å². The van der Waals surface area contributed by atoms with E-state index in [9.17, 15) is 8.42 Å². The van der Waals surface area contributed by atoms with Gasteiger partial charge < -0.3 is 14.0 Å². The number of morpholine rings is 1. The second kappa shape index (κ2) is 8.72. The topological polar surface area (TPSA) is 73.7 Å². The van der Waals surface area contributed by atoms with Crippen molar-refractivity contribution in [3.8, 4) is 5.75 Å². The van der Waals surface area contributed by atoms with Gasteiger partial charge in [-0.1, -0.05) is 23.2 Å². The molecule has 0 radical (unpaired) electrons. The Labute approximate surface area is 185 Å². The first-order chi connectivity index (χ1) is 14.4. The molecule has 0 bridgehead atoms. The number of hydrogen-bond donors (Lipinski definition) is 0. The molecule has 10 heteroatoms. The second-order valence-corrected chi connectivity index (χ2v) is 9.58. The molecule has 0 spiro atoms. The molecule has 0 aliphatic carbocycles. The average Bonchev–Trinajstić information content (AvgIpc) is 3.10. The monoisotopic (exact) mass is 469 g/mol. The Kier molecular flexibility index (Phi) is 6.22. The van der Waals surface area contributed by atoms with E-state index >= 15 is 0 Å². The van der Waals surface area contributed by atoms with Gasteiger partial charge in [0.25, 0.3) is 0 Å². The van der Waals surface area contributed by atoms with Gasteiger partial charge in [-0.15, -0.1) is 0 Å². The molecule has 0 saturated carbocycles. The summed E-state index contributed by atoms with van der Waals surface area (Å²) < 4.78 is 40.4. The van der Waals surface area contributed by atoms with Crippen LogP contribution in [0.5, 0.6) is 5.75 Å². The number of sulfonamides is 1. The quantitative estimate of drug-likeness (QED) is 0.545. The van der Waals surface area contributed by atoms with E-state index in [1.807, 2.05) is 11.5 Å². The van der Waals surface area contributed by atoms with Gasteiger partial charge in [0, 0.05) is 24.7 Å². The molecule has 2 heterocycles. The average molecular weight is 470 g/mol. The van der Waals surface area contributed by atoms with Crippen molar-refractivity contribution in [1.82, 2.24) is 13.9 Å². The van der Waals surface area contributed by atoms with Gasteiger partial charge in [0.1, 0.15) is 18.2 Å². The van der Waals surface area contributed by atoms with Crippen LogP contribution in [0.3, 0.4) is 0 Å². The zero-order chi connectivity index (χ0) is 21.3. The Bertz CT molecular complexity index is 1170. The lowest BCUT2D eigenvalue weighted by atomic mass is 10.3. The Hall–Kier alpha value is -1.84. The van der Waals surface area contributed by atoms with Crippen molar-refractivity contribution in [2.75, 3.05) is 26.3 Å². The van der Waals surface area contributed by atoms with Gasteiger partial charge in [-0.2, -0.15) is 4.31 Å². The molecule has 3 aromatic rings. The van der Waals surface area contributed by atoms with Crippen molar-refractivity contribution >= 4 is 44.3 Å². The maximum atomic E-state index is 13.0. The number of aryl methyl sites for hydroxylation is 1. The summed E-state index contributed by atoms with van der Waals surface area (Å²) in [7, 11) is -3.59. The number of benzene rings is 2. The molecule has 0 unspecified atom stereocenters. The third-order valence-corrected chi connectivity index (χ3v) is 7.40.